The number of aromatic amines is 1. The van der Waals surface area contributed by atoms with Crippen molar-refractivity contribution in [3.05, 3.63) is 47.5 Å². The van der Waals surface area contributed by atoms with E-state index in [1.54, 1.807) is 21.1 Å². The van der Waals surface area contributed by atoms with Crippen LogP contribution in [0.3, 0.4) is 0 Å². The molecule has 8 heteroatoms. The fourth-order valence-electron chi connectivity index (χ4n) is 6.32. The average Bonchev–Trinajstić information content (AvgIpc) is 3.19. The van der Waals surface area contributed by atoms with Crippen LogP contribution in [0.25, 0.3) is 22.2 Å². The molecule has 2 amide bonds. The van der Waals surface area contributed by atoms with Crippen molar-refractivity contribution in [2.75, 3.05) is 60.0 Å². The molecule has 3 heterocycles. The zero-order valence-electron chi connectivity index (χ0n) is 24.3. The molecule has 2 saturated heterocycles. The van der Waals surface area contributed by atoms with Crippen molar-refractivity contribution >= 4 is 22.7 Å². The van der Waals surface area contributed by atoms with Crippen molar-refractivity contribution in [1.29, 1.82) is 0 Å². The van der Waals surface area contributed by atoms with Crippen molar-refractivity contribution in [2.45, 2.75) is 45.4 Å². The molecule has 2 fully saturated rings. The van der Waals surface area contributed by atoms with Crippen LogP contribution in [-0.4, -0.2) is 91.5 Å². The van der Waals surface area contributed by atoms with Crippen molar-refractivity contribution < 1.29 is 19.1 Å². The van der Waals surface area contributed by atoms with Crippen molar-refractivity contribution in [3.8, 4) is 22.8 Å². The number of H-pyrrole nitrogens is 1. The number of likely N-dealkylation sites (tertiary alicyclic amines) is 1. The highest BCUT2D eigenvalue weighted by Gasteiger charge is 2.26. The highest BCUT2D eigenvalue weighted by molar-refractivity contribution is 5.91. The number of ether oxygens (including phenoxy) is 2. The van der Waals surface area contributed by atoms with E-state index in [-0.39, 0.29) is 11.8 Å². The van der Waals surface area contributed by atoms with Crippen LogP contribution < -0.4 is 9.47 Å². The highest BCUT2D eigenvalue weighted by Crippen LogP contribution is 2.38. The lowest BCUT2D eigenvalue weighted by Crippen LogP contribution is -2.44. The number of nitrogens with zero attached hydrogens (tertiary/aromatic N) is 3. The van der Waals surface area contributed by atoms with Crippen molar-refractivity contribution in [3.63, 3.8) is 0 Å². The molecule has 0 radical (unpaired) electrons. The molecule has 0 aliphatic carbocycles. The Labute approximate surface area is 237 Å². The summed E-state index contributed by atoms with van der Waals surface area (Å²) in [5, 5.41) is 1.27. The Kier molecular flexibility index (Phi) is 8.64. The summed E-state index contributed by atoms with van der Waals surface area (Å²) < 4.78 is 11.0. The topological polar surface area (TPSA) is 78.1 Å². The molecule has 40 heavy (non-hydrogen) atoms. The first-order valence-corrected chi connectivity index (χ1v) is 14.5. The molecule has 0 unspecified atom stereocenters. The van der Waals surface area contributed by atoms with E-state index in [2.05, 4.69) is 41.1 Å². The molecular formula is C32H42N4O4. The van der Waals surface area contributed by atoms with Crippen LogP contribution in [0.5, 0.6) is 11.5 Å². The Morgan fingerprint density at radius 2 is 1.68 bits per heavy atom. The fourth-order valence-corrected chi connectivity index (χ4v) is 6.32. The number of hydrogen-bond donors (Lipinski definition) is 1. The van der Waals surface area contributed by atoms with Gasteiger partial charge in [-0.1, -0.05) is 13.0 Å². The molecule has 0 atom stereocenters. The molecule has 2 aromatic carbocycles. The maximum absolute atomic E-state index is 13.1. The molecule has 1 N–H and O–H groups in total. The van der Waals surface area contributed by atoms with Gasteiger partial charge in [-0.3, -0.25) is 14.5 Å². The van der Waals surface area contributed by atoms with Gasteiger partial charge in [0.2, 0.25) is 11.8 Å². The summed E-state index contributed by atoms with van der Waals surface area (Å²) in [6.45, 7) is 8.98. The first kappa shape index (κ1) is 28.0. The van der Waals surface area contributed by atoms with E-state index in [0.717, 1.165) is 86.7 Å². The second-order valence-electron chi connectivity index (χ2n) is 11.0. The average molecular weight is 547 g/mol. The molecule has 8 nitrogen and oxygen atoms in total. The molecule has 0 saturated carbocycles. The molecule has 1 aromatic heterocycles. The van der Waals surface area contributed by atoms with E-state index < -0.39 is 0 Å². The molecule has 2 aliphatic rings. The minimum absolute atomic E-state index is 0.122. The van der Waals surface area contributed by atoms with Crippen molar-refractivity contribution in [1.82, 2.24) is 19.7 Å². The predicted molar refractivity (Wildman–Crippen MR) is 158 cm³/mol. The Morgan fingerprint density at radius 1 is 0.900 bits per heavy atom. The Hall–Kier alpha value is -3.52. The van der Waals surface area contributed by atoms with Gasteiger partial charge in [-0.05, 0) is 73.1 Å². The van der Waals surface area contributed by atoms with Crippen LogP contribution in [-0.2, 0) is 16.0 Å². The standard InChI is InChI=1S/C32H42N4O4/c1-5-26-27-19-24(7-9-28(27)33-32(26)25-8-10-29(39-3)30(20-25)40-4)23-11-15-36(16-12-23)31(38)21-34-13-6-14-35(18-17-34)22(2)37/h7-10,19-20,23,33H,5-6,11-18,21H2,1-4H3. The lowest BCUT2D eigenvalue weighted by Gasteiger charge is -2.33. The lowest BCUT2D eigenvalue weighted by molar-refractivity contribution is -0.133. The van der Waals surface area contributed by atoms with Gasteiger partial charge in [0.25, 0.3) is 0 Å². The quantitative estimate of drug-likeness (QED) is 0.466. The van der Waals surface area contributed by atoms with E-state index >= 15 is 0 Å². The summed E-state index contributed by atoms with van der Waals surface area (Å²) in [4.78, 5) is 34.6. The number of rotatable bonds is 7. The smallest absolute Gasteiger partial charge is 0.236 e. The van der Waals surface area contributed by atoms with Crippen LogP contribution >= 0.6 is 0 Å². The van der Waals surface area contributed by atoms with E-state index in [1.165, 1.54) is 16.5 Å². The number of methoxy groups -OCH3 is 2. The third-order valence-corrected chi connectivity index (χ3v) is 8.67. The van der Waals surface area contributed by atoms with E-state index in [4.69, 9.17) is 9.47 Å². The van der Waals surface area contributed by atoms with Gasteiger partial charge >= 0.3 is 0 Å². The SMILES string of the molecule is CCc1c(-c2ccc(OC)c(OC)c2)[nH]c2ccc(C3CCN(C(=O)CN4CCCN(C(C)=O)CC4)CC3)cc12. The van der Waals surface area contributed by atoms with Crippen LogP contribution in [0.2, 0.25) is 0 Å². The number of fused-ring (bicyclic) bond motifs is 1. The predicted octanol–water partition coefficient (Wildman–Crippen LogP) is 4.67. The van der Waals surface area contributed by atoms with Crippen LogP contribution in [0.15, 0.2) is 36.4 Å². The number of aromatic nitrogens is 1. The Balaban J connectivity index is 1.25. The third-order valence-electron chi connectivity index (χ3n) is 8.67. The van der Waals surface area contributed by atoms with Gasteiger partial charge in [0.1, 0.15) is 0 Å². The van der Waals surface area contributed by atoms with Gasteiger partial charge in [0.15, 0.2) is 11.5 Å². The second-order valence-corrected chi connectivity index (χ2v) is 11.0. The van der Waals surface area contributed by atoms with E-state index in [1.807, 2.05) is 21.9 Å². The molecule has 214 valence electrons. The van der Waals surface area contributed by atoms with Crippen LogP contribution in [0, 0.1) is 0 Å². The molecule has 5 rings (SSSR count). The summed E-state index contributed by atoms with van der Waals surface area (Å²) in [5.41, 5.74) is 5.99. The number of aryl methyl sites for hydroxylation is 1. The Morgan fingerprint density at radius 3 is 2.38 bits per heavy atom. The number of amides is 2. The number of benzene rings is 2. The molecular weight excluding hydrogens is 504 g/mol. The summed E-state index contributed by atoms with van der Waals surface area (Å²) >= 11 is 0. The van der Waals surface area contributed by atoms with Crippen molar-refractivity contribution in [2.24, 2.45) is 0 Å². The number of carbonyl (C=O) groups is 2. The highest BCUT2D eigenvalue weighted by atomic mass is 16.5. The van der Waals surface area contributed by atoms with Crippen LogP contribution in [0.1, 0.15) is 50.2 Å². The summed E-state index contributed by atoms with van der Waals surface area (Å²) in [6, 6.07) is 12.9. The summed E-state index contributed by atoms with van der Waals surface area (Å²) in [6.07, 6.45) is 3.79. The minimum atomic E-state index is 0.122. The first-order chi connectivity index (χ1) is 19.4. The monoisotopic (exact) mass is 546 g/mol. The first-order valence-electron chi connectivity index (χ1n) is 14.5. The zero-order chi connectivity index (χ0) is 28.2. The van der Waals surface area contributed by atoms with Gasteiger partial charge in [0, 0.05) is 68.4 Å². The third kappa shape index (κ3) is 5.82. The Bertz CT molecular complexity index is 1360. The van der Waals surface area contributed by atoms with E-state index in [9.17, 15) is 9.59 Å². The fraction of sp³-hybridized carbons (Fsp3) is 0.500. The largest absolute Gasteiger partial charge is 0.493 e. The van der Waals surface area contributed by atoms with Crippen LogP contribution in [0.4, 0.5) is 0 Å². The number of piperidine rings is 1. The number of nitrogens with one attached hydrogen (secondary N) is 1. The number of hydrogen-bond acceptors (Lipinski definition) is 5. The molecule has 0 spiro atoms. The van der Waals surface area contributed by atoms with Gasteiger partial charge in [-0.25, -0.2) is 0 Å². The minimum Gasteiger partial charge on any atom is -0.493 e. The van der Waals surface area contributed by atoms with Gasteiger partial charge < -0.3 is 24.3 Å². The van der Waals surface area contributed by atoms with Gasteiger partial charge in [-0.2, -0.15) is 0 Å². The second kappa shape index (κ2) is 12.3. The number of carbonyl (C=O) groups excluding carboxylic acids is 2. The molecule has 3 aromatic rings. The van der Waals surface area contributed by atoms with E-state index in [0.29, 0.717) is 19.0 Å². The maximum Gasteiger partial charge on any atom is 0.236 e. The lowest BCUT2D eigenvalue weighted by atomic mass is 9.88. The summed E-state index contributed by atoms with van der Waals surface area (Å²) in [5.74, 6) is 2.22. The zero-order valence-corrected chi connectivity index (χ0v) is 24.3. The molecule has 0 bridgehead atoms. The maximum atomic E-state index is 13.1. The van der Waals surface area contributed by atoms with Gasteiger partial charge in [-0.15, -0.1) is 0 Å². The normalized spacial score (nSPS) is 17.2. The van der Waals surface area contributed by atoms with Gasteiger partial charge in [0.05, 0.1) is 20.8 Å². The summed E-state index contributed by atoms with van der Waals surface area (Å²) in [7, 11) is 3.32. The molecule has 2 aliphatic heterocycles.